The third-order valence-corrected chi connectivity index (χ3v) is 1.88. The standard InChI is InChI=1S/C13H13NO3/c1-2-16-13(15)17-12(10-14)9-8-11-6-4-3-5-7-11/h3-9,12H,2H2,1H3/b9-8+/t12-/m0/s1. The molecule has 1 rings (SSSR count). The second-order valence-corrected chi connectivity index (χ2v) is 3.12. The number of hydrogen-bond donors (Lipinski definition) is 0. The molecule has 0 N–H and O–H groups in total. The minimum Gasteiger partial charge on any atom is -0.435 e. The Hall–Kier alpha value is -2.28. The first kappa shape index (κ1) is 12.8. The van der Waals surface area contributed by atoms with E-state index in [2.05, 4.69) is 4.74 Å². The van der Waals surface area contributed by atoms with Gasteiger partial charge in [0.15, 0.2) is 0 Å². The van der Waals surface area contributed by atoms with Crippen LogP contribution < -0.4 is 0 Å². The zero-order chi connectivity index (χ0) is 12.5. The molecule has 0 aliphatic heterocycles. The van der Waals surface area contributed by atoms with Crippen molar-refractivity contribution in [2.75, 3.05) is 6.61 Å². The van der Waals surface area contributed by atoms with Crippen LogP contribution >= 0.6 is 0 Å². The highest BCUT2D eigenvalue weighted by Gasteiger charge is 2.10. The summed E-state index contributed by atoms with van der Waals surface area (Å²) in [5.41, 5.74) is 0.931. The fourth-order valence-electron chi connectivity index (χ4n) is 1.13. The summed E-state index contributed by atoms with van der Waals surface area (Å²) in [7, 11) is 0. The van der Waals surface area contributed by atoms with Gasteiger partial charge in [-0.3, -0.25) is 0 Å². The Morgan fingerprint density at radius 1 is 1.47 bits per heavy atom. The van der Waals surface area contributed by atoms with Crippen LogP contribution in [-0.2, 0) is 9.47 Å². The van der Waals surface area contributed by atoms with Gasteiger partial charge in [-0.15, -0.1) is 0 Å². The molecule has 0 aliphatic carbocycles. The van der Waals surface area contributed by atoms with Crippen molar-refractivity contribution in [3.8, 4) is 6.07 Å². The van der Waals surface area contributed by atoms with Gasteiger partial charge in [0.2, 0.25) is 6.10 Å². The lowest BCUT2D eigenvalue weighted by Gasteiger charge is -2.06. The molecule has 0 fully saturated rings. The molecule has 0 aliphatic rings. The van der Waals surface area contributed by atoms with Crippen molar-refractivity contribution in [2.45, 2.75) is 13.0 Å². The lowest BCUT2D eigenvalue weighted by Crippen LogP contribution is -2.15. The molecule has 0 saturated carbocycles. The Kier molecular flexibility index (Phi) is 5.32. The Bertz CT molecular complexity index is 420. The molecule has 0 spiro atoms. The average molecular weight is 231 g/mol. The molecule has 0 saturated heterocycles. The summed E-state index contributed by atoms with van der Waals surface area (Å²) in [4.78, 5) is 11.0. The maximum absolute atomic E-state index is 11.0. The SMILES string of the molecule is CCOC(=O)O[C@H](C#N)/C=C/c1ccccc1. The molecule has 1 aromatic rings. The van der Waals surface area contributed by atoms with Crippen molar-refractivity contribution in [1.82, 2.24) is 0 Å². The van der Waals surface area contributed by atoms with E-state index in [-0.39, 0.29) is 6.61 Å². The van der Waals surface area contributed by atoms with Gasteiger partial charge in [0.25, 0.3) is 0 Å². The van der Waals surface area contributed by atoms with Gasteiger partial charge in [0, 0.05) is 0 Å². The highest BCUT2D eigenvalue weighted by atomic mass is 16.7. The molecule has 17 heavy (non-hydrogen) atoms. The van der Waals surface area contributed by atoms with E-state index < -0.39 is 12.3 Å². The van der Waals surface area contributed by atoms with Crippen LogP contribution in [0.5, 0.6) is 0 Å². The van der Waals surface area contributed by atoms with E-state index in [1.54, 1.807) is 13.0 Å². The van der Waals surface area contributed by atoms with Crippen LogP contribution in [0.15, 0.2) is 36.4 Å². The summed E-state index contributed by atoms with van der Waals surface area (Å²) in [5, 5.41) is 8.79. The molecule has 0 unspecified atom stereocenters. The monoisotopic (exact) mass is 231 g/mol. The highest BCUT2D eigenvalue weighted by molar-refractivity contribution is 5.61. The quantitative estimate of drug-likeness (QED) is 0.747. The molecule has 0 amide bonds. The normalized spacial score (nSPS) is 11.8. The zero-order valence-electron chi connectivity index (χ0n) is 9.50. The molecule has 0 bridgehead atoms. The lowest BCUT2D eigenvalue weighted by atomic mass is 10.2. The number of ether oxygens (including phenoxy) is 2. The summed E-state index contributed by atoms with van der Waals surface area (Å²) >= 11 is 0. The largest absolute Gasteiger partial charge is 0.509 e. The Balaban J connectivity index is 2.56. The fraction of sp³-hybridized carbons (Fsp3) is 0.231. The highest BCUT2D eigenvalue weighted by Crippen LogP contribution is 2.04. The van der Waals surface area contributed by atoms with Gasteiger partial charge < -0.3 is 9.47 Å². The summed E-state index contributed by atoms with van der Waals surface area (Å²) < 4.78 is 9.33. The molecule has 0 heterocycles. The van der Waals surface area contributed by atoms with Gasteiger partial charge in [-0.1, -0.05) is 36.4 Å². The smallest absolute Gasteiger partial charge is 0.435 e. The zero-order valence-corrected chi connectivity index (χ0v) is 9.50. The van der Waals surface area contributed by atoms with Gasteiger partial charge in [0.05, 0.1) is 6.61 Å². The van der Waals surface area contributed by atoms with E-state index in [0.29, 0.717) is 0 Å². The number of benzene rings is 1. The van der Waals surface area contributed by atoms with E-state index in [0.717, 1.165) is 5.56 Å². The predicted octanol–water partition coefficient (Wildman–Crippen LogP) is 2.77. The first-order valence-corrected chi connectivity index (χ1v) is 5.22. The molecule has 0 radical (unpaired) electrons. The molecule has 1 aromatic carbocycles. The van der Waals surface area contributed by atoms with Crippen molar-refractivity contribution >= 4 is 12.2 Å². The molecule has 4 nitrogen and oxygen atoms in total. The fourth-order valence-corrected chi connectivity index (χ4v) is 1.13. The lowest BCUT2D eigenvalue weighted by molar-refractivity contribution is 0.0537. The van der Waals surface area contributed by atoms with E-state index in [1.807, 2.05) is 36.4 Å². The molecule has 0 aromatic heterocycles. The van der Waals surface area contributed by atoms with Crippen LogP contribution in [0, 0.1) is 11.3 Å². The summed E-state index contributed by atoms with van der Waals surface area (Å²) in [6.07, 6.45) is 1.45. The Morgan fingerprint density at radius 3 is 2.76 bits per heavy atom. The maximum Gasteiger partial charge on any atom is 0.509 e. The number of nitrogens with zero attached hydrogens (tertiary/aromatic N) is 1. The van der Waals surface area contributed by atoms with E-state index in [9.17, 15) is 4.79 Å². The van der Waals surface area contributed by atoms with Gasteiger partial charge in [-0.2, -0.15) is 5.26 Å². The molecule has 1 atom stereocenters. The van der Waals surface area contributed by atoms with Crippen LogP contribution in [0.3, 0.4) is 0 Å². The minimum atomic E-state index is -0.936. The van der Waals surface area contributed by atoms with Crippen molar-refractivity contribution in [2.24, 2.45) is 0 Å². The average Bonchev–Trinajstić information content (AvgIpc) is 2.36. The van der Waals surface area contributed by atoms with Crippen LogP contribution in [0.2, 0.25) is 0 Å². The van der Waals surface area contributed by atoms with Crippen LogP contribution in [0.1, 0.15) is 12.5 Å². The number of hydrogen-bond acceptors (Lipinski definition) is 4. The summed E-state index contributed by atoms with van der Waals surface area (Å²) in [6, 6.07) is 11.3. The van der Waals surface area contributed by atoms with Gasteiger partial charge in [0.1, 0.15) is 6.07 Å². The summed E-state index contributed by atoms with van der Waals surface area (Å²) in [5.74, 6) is 0. The number of rotatable bonds is 4. The first-order chi connectivity index (χ1) is 8.26. The van der Waals surface area contributed by atoms with Crippen LogP contribution in [0.25, 0.3) is 6.08 Å². The van der Waals surface area contributed by atoms with Crippen molar-refractivity contribution in [3.05, 3.63) is 42.0 Å². The van der Waals surface area contributed by atoms with Crippen molar-refractivity contribution < 1.29 is 14.3 Å². The van der Waals surface area contributed by atoms with Gasteiger partial charge in [-0.05, 0) is 18.6 Å². The summed E-state index contributed by atoms with van der Waals surface area (Å²) in [6.45, 7) is 1.89. The number of carbonyl (C=O) groups excluding carboxylic acids is 1. The first-order valence-electron chi connectivity index (χ1n) is 5.22. The topological polar surface area (TPSA) is 59.3 Å². The van der Waals surface area contributed by atoms with E-state index >= 15 is 0 Å². The van der Waals surface area contributed by atoms with E-state index in [1.165, 1.54) is 6.08 Å². The molecule has 88 valence electrons. The maximum atomic E-state index is 11.0. The molecular weight excluding hydrogens is 218 g/mol. The number of carbonyl (C=O) groups is 1. The number of nitriles is 1. The predicted molar refractivity (Wildman–Crippen MR) is 63.0 cm³/mol. The van der Waals surface area contributed by atoms with Crippen LogP contribution in [0.4, 0.5) is 4.79 Å². The second-order valence-electron chi connectivity index (χ2n) is 3.12. The van der Waals surface area contributed by atoms with Gasteiger partial charge in [-0.25, -0.2) is 4.79 Å². The Labute approximate surface area is 100 Å². The van der Waals surface area contributed by atoms with Crippen molar-refractivity contribution in [1.29, 1.82) is 5.26 Å². The Morgan fingerprint density at radius 2 is 2.18 bits per heavy atom. The molecular formula is C13H13NO3. The third kappa shape index (κ3) is 4.85. The van der Waals surface area contributed by atoms with E-state index in [4.69, 9.17) is 10.00 Å². The van der Waals surface area contributed by atoms with Crippen molar-refractivity contribution in [3.63, 3.8) is 0 Å². The van der Waals surface area contributed by atoms with Crippen LogP contribution in [-0.4, -0.2) is 18.9 Å². The minimum absolute atomic E-state index is 0.222. The third-order valence-electron chi connectivity index (χ3n) is 1.88. The second kappa shape index (κ2) is 7.07. The van der Waals surface area contributed by atoms with Gasteiger partial charge >= 0.3 is 6.16 Å². The molecule has 4 heteroatoms.